The van der Waals surface area contributed by atoms with Gasteiger partial charge in [-0.3, -0.25) is 4.57 Å². The molecule has 2 aromatic carbocycles. The second-order valence-electron chi connectivity index (χ2n) is 3.91. The van der Waals surface area contributed by atoms with E-state index in [1.807, 2.05) is 30.3 Å². The minimum Gasteiger partial charge on any atom is -0.497 e. The number of hydrogen-bond acceptors (Lipinski definition) is 2. The van der Waals surface area contributed by atoms with E-state index < -0.39 is 0 Å². The zero-order chi connectivity index (χ0) is 12.5. The molecule has 89 valence electrons. The highest BCUT2D eigenvalue weighted by Gasteiger charge is 2.07. The van der Waals surface area contributed by atoms with Gasteiger partial charge in [-0.25, -0.2) is 4.79 Å². The fourth-order valence-electron chi connectivity index (χ4n) is 1.99. The molecule has 0 saturated carbocycles. The van der Waals surface area contributed by atoms with Crippen LogP contribution in [0.2, 0.25) is 0 Å². The molecule has 0 fully saturated rings. The van der Waals surface area contributed by atoms with E-state index in [9.17, 15) is 4.79 Å². The first-order valence-electron chi connectivity index (χ1n) is 5.55. The van der Waals surface area contributed by atoms with Crippen LogP contribution in [0.15, 0.2) is 47.3 Å². The van der Waals surface area contributed by atoms with Crippen molar-refractivity contribution < 1.29 is 4.74 Å². The smallest absolute Gasteiger partial charge is 0.331 e. The van der Waals surface area contributed by atoms with Gasteiger partial charge in [0.15, 0.2) is 0 Å². The van der Waals surface area contributed by atoms with Gasteiger partial charge in [-0.1, -0.05) is 6.07 Å². The van der Waals surface area contributed by atoms with E-state index in [1.165, 1.54) is 0 Å². The van der Waals surface area contributed by atoms with Crippen LogP contribution in [-0.4, -0.2) is 16.7 Å². The maximum absolute atomic E-state index is 12.0. The van der Waals surface area contributed by atoms with E-state index in [4.69, 9.17) is 4.74 Å². The molecule has 0 bridgehead atoms. The predicted octanol–water partition coefficient (Wildman–Crippen LogP) is 2.13. The summed E-state index contributed by atoms with van der Waals surface area (Å²) in [4.78, 5) is 14.8. The van der Waals surface area contributed by atoms with Gasteiger partial charge >= 0.3 is 5.69 Å². The summed E-state index contributed by atoms with van der Waals surface area (Å²) in [7, 11) is 1.61. The summed E-state index contributed by atoms with van der Waals surface area (Å²) in [6.45, 7) is 0. The molecule has 1 aromatic heterocycles. The molecule has 1 radical (unpaired) electrons. The Morgan fingerprint density at radius 3 is 2.72 bits per heavy atom. The van der Waals surface area contributed by atoms with Crippen LogP contribution in [0.4, 0.5) is 0 Å². The molecule has 1 heterocycles. The first kappa shape index (κ1) is 10.7. The normalized spacial score (nSPS) is 10.7. The van der Waals surface area contributed by atoms with Crippen molar-refractivity contribution in [3.8, 4) is 11.4 Å². The molecule has 1 N–H and O–H groups in total. The molecule has 0 spiro atoms. The number of imidazole rings is 1. The number of nitrogens with zero attached hydrogens (tertiary/aromatic N) is 1. The van der Waals surface area contributed by atoms with Crippen LogP contribution >= 0.6 is 0 Å². The van der Waals surface area contributed by atoms with Gasteiger partial charge in [-0.15, -0.1) is 0 Å². The first-order chi connectivity index (χ1) is 8.79. The lowest BCUT2D eigenvalue weighted by Gasteiger charge is -2.04. The Morgan fingerprint density at radius 1 is 1.22 bits per heavy atom. The standard InChI is InChI=1S/C14H11N2O2/c1-18-11-8-6-10(7-9-11)16-13-5-3-2-4-12(13)15-14(16)17/h3-9H,1H3,(H,15,17). The van der Waals surface area contributed by atoms with Crippen molar-refractivity contribution >= 4 is 11.0 Å². The van der Waals surface area contributed by atoms with Crippen LogP contribution < -0.4 is 10.4 Å². The van der Waals surface area contributed by atoms with Crippen LogP contribution in [0.25, 0.3) is 16.7 Å². The lowest BCUT2D eigenvalue weighted by molar-refractivity contribution is 0.414. The van der Waals surface area contributed by atoms with Crippen molar-refractivity contribution in [2.24, 2.45) is 0 Å². The largest absolute Gasteiger partial charge is 0.497 e. The lowest BCUT2D eigenvalue weighted by Crippen LogP contribution is -2.14. The van der Waals surface area contributed by atoms with Gasteiger partial charge in [0.2, 0.25) is 0 Å². The molecule has 4 heteroatoms. The van der Waals surface area contributed by atoms with Crippen LogP contribution in [0, 0.1) is 6.07 Å². The van der Waals surface area contributed by atoms with E-state index in [0.29, 0.717) is 0 Å². The summed E-state index contributed by atoms with van der Waals surface area (Å²) in [5.41, 5.74) is 2.26. The zero-order valence-corrected chi connectivity index (χ0v) is 9.81. The van der Waals surface area contributed by atoms with Crippen molar-refractivity contribution in [1.29, 1.82) is 0 Å². The predicted molar refractivity (Wildman–Crippen MR) is 69.3 cm³/mol. The highest BCUT2D eigenvalue weighted by atomic mass is 16.5. The molecular weight excluding hydrogens is 228 g/mol. The number of benzene rings is 2. The molecule has 3 rings (SSSR count). The summed E-state index contributed by atoms with van der Waals surface area (Å²) >= 11 is 0. The number of H-pyrrole nitrogens is 1. The molecule has 0 amide bonds. The van der Waals surface area contributed by atoms with Crippen LogP contribution in [0.1, 0.15) is 0 Å². The zero-order valence-electron chi connectivity index (χ0n) is 9.81. The molecule has 0 aliphatic rings. The van der Waals surface area contributed by atoms with Gasteiger partial charge in [0.25, 0.3) is 0 Å². The molecule has 0 atom stereocenters. The number of aromatic nitrogens is 2. The second kappa shape index (κ2) is 4.07. The Hall–Kier alpha value is -2.49. The van der Waals surface area contributed by atoms with Crippen LogP contribution in [0.5, 0.6) is 5.75 Å². The summed E-state index contributed by atoms with van der Waals surface area (Å²) in [5, 5.41) is 0. The van der Waals surface area contributed by atoms with Gasteiger partial charge in [-0.05, 0) is 42.5 Å². The fourth-order valence-corrected chi connectivity index (χ4v) is 1.99. The summed E-state index contributed by atoms with van der Waals surface area (Å²) in [6.07, 6.45) is 0. The lowest BCUT2D eigenvalue weighted by atomic mass is 10.2. The minimum absolute atomic E-state index is 0.158. The topological polar surface area (TPSA) is 47.0 Å². The van der Waals surface area contributed by atoms with Crippen molar-refractivity contribution in [2.75, 3.05) is 7.11 Å². The highest BCUT2D eigenvalue weighted by Crippen LogP contribution is 2.17. The molecular formula is C14H11N2O2. The molecule has 0 aliphatic carbocycles. The Bertz CT molecular complexity index is 738. The van der Waals surface area contributed by atoms with Crippen molar-refractivity contribution in [3.05, 3.63) is 59.0 Å². The number of rotatable bonds is 2. The van der Waals surface area contributed by atoms with E-state index in [0.717, 1.165) is 22.5 Å². The van der Waals surface area contributed by atoms with Gasteiger partial charge in [0.05, 0.1) is 23.8 Å². The quantitative estimate of drug-likeness (QED) is 0.744. The number of hydrogen-bond donors (Lipinski definition) is 1. The van der Waals surface area contributed by atoms with Crippen LogP contribution in [-0.2, 0) is 0 Å². The average Bonchev–Trinajstić information content (AvgIpc) is 2.75. The Kier molecular flexibility index (Phi) is 2.41. The van der Waals surface area contributed by atoms with Crippen molar-refractivity contribution in [1.82, 2.24) is 9.55 Å². The fraction of sp³-hybridized carbons (Fsp3) is 0.0714. The Morgan fingerprint density at radius 2 is 2.00 bits per heavy atom. The molecule has 0 aliphatic heterocycles. The summed E-state index contributed by atoms with van der Waals surface area (Å²) in [5.74, 6) is 0.764. The number of methoxy groups -OCH3 is 1. The Balaban J connectivity index is 2.24. The third-order valence-corrected chi connectivity index (χ3v) is 2.86. The maximum atomic E-state index is 12.0. The monoisotopic (exact) mass is 239 g/mol. The van der Waals surface area contributed by atoms with Gasteiger partial charge in [-0.2, -0.15) is 0 Å². The minimum atomic E-state index is -0.158. The number of aromatic amines is 1. The van der Waals surface area contributed by atoms with Gasteiger partial charge in [0.1, 0.15) is 5.75 Å². The average molecular weight is 239 g/mol. The SMILES string of the molecule is COc1ccc(-n2c(=O)[nH]c3c[c]ccc32)cc1. The summed E-state index contributed by atoms with van der Waals surface area (Å²) < 4.78 is 6.73. The number of fused-ring (bicyclic) bond motifs is 1. The highest BCUT2D eigenvalue weighted by molar-refractivity contribution is 5.76. The molecule has 4 nitrogen and oxygen atoms in total. The first-order valence-corrected chi connectivity index (χ1v) is 5.55. The molecule has 0 saturated heterocycles. The number of ether oxygens (including phenoxy) is 1. The molecule has 18 heavy (non-hydrogen) atoms. The summed E-state index contributed by atoms with van der Waals surface area (Å²) in [6, 6.07) is 15.7. The maximum Gasteiger partial charge on any atom is 0.331 e. The van der Waals surface area contributed by atoms with E-state index in [1.54, 1.807) is 23.8 Å². The third kappa shape index (κ3) is 1.59. The Labute approximate surface area is 103 Å². The van der Waals surface area contributed by atoms with Crippen LogP contribution in [0.3, 0.4) is 0 Å². The van der Waals surface area contributed by atoms with E-state index >= 15 is 0 Å². The molecule has 3 aromatic rings. The number of nitrogens with one attached hydrogen (secondary N) is 1. The third-order valence-electron chi connectivity index (χ3n) is 2.86. The van der Waals surface area contributed by atoms with Crippen molar-refractivity contribution in [2.45, 2.75) is 0 Å². The van der Waals surface area contributed by atoms with E-state index in [-0.39, 0.29) is 5.69 Å². The second-order valence-corrected chi connectivity index (χ2v) is 3.91. The van der Waals surface area contributed by atoms with Crippen molar-refractivity contribution in [3.63, 3.8) is 0 Å². The van der Waals surface area contributed by atoms with Gasteiger partial charge in [0, 0.05) is 0 Å². The molecule has 0 unspecified atom stereocenters. The van der Waals surface area contributed by atoms with Gasteiger partial charge < -0.3 is 9.72 Å². The van der Waals surface area contributed by atoms with E-state index in [2.05, 4.69) is 11.1 Å².